The molecular weight excluding hydrogens is 269 g/mol. The van der Waals surface area contributed by atoms with Crippen LogP contribution in [-0.2, 0) is 9.31 Å². The van der Waals surface area contributed by atoms with Crippen LogP contribution >= 0.6 is 0 Å². The molecule has 0 radical (unpaired) electrons. The second-order valence-corrected chi connectivity index (χ2v) is 2.85. The molecule has 0 amide bonds. The third-order valence-corrected chi connectivity index (χ3v) is 1.44. The molecule has 3 nitrogen and oxygen atoms in total. The summed E-state index contributed by atoms with van der Waals surface area (Å²) < 4.78 is 81.4. The second-order valence-electron chi connectivity index (χ2n) is 2.85. The molecule has 0 aliphatic carbocycles. The third-order valence-electron chi connectivity index (χ3n) is 1.44. The number of hydrogen-bond acceptors (Lipinski definition) is 3. The van der Waals surface area contributed by atoms with Gasteiger partial charge in [-0.25, -0.2) is 0 Å². The van der Waals surface area contributed by atoms with E-state index in [1.54, 1.807) is 0 Å². The number of hydrogen-bond donors (Lipinski definition) is 0. The fraction of sp³-hybridized carbons (Fsp3) is 0.250. The van der Waals surface area contributed by atoms with Crippen molar-refractivity contribution in [3.8, 4) is 5.75 Å². The van der Waals surface area contributed by atoms with Crippen molar-refractivity contribution in [3.05, 3.63) is 30.3 Å². The lowest BCUT2D eigenvalue weighted by atomic mass is 10.2. The van der Waals surface area contributed by atoms with Gasteiger partial charge in [0.05, 0.1) is 0 Å². The monoisotopic (exact) mass is 274 g/mol. The molecule has 0 spiro atoms. The molecule has 0 fully saturated rings. The van der Waals surface area contributed by atoms with Crippen LogP contribution in [0.1, 0.15) is 0 Å². The van der Waals surface area contributed by atoms with E-state index in [4.69, 9.17) is 0 Å². The zero-order chi connectivity index (χ0) is 13.8. The topological polar surface area (TPSA) is 27.7 Å². The Bertz CT molecular complexity index is 349. The summed E-state index contributed by atoms with van der Waals surface area (Å²) in [5, 5.41) is 0. The zero-order valence-electron chi connectivity index (χ0n) is 8.46. The van der Waals surface area contributed by atoms with Crippen LogP contribution in [-0.4, -0.2) is 20.0 Å². The van der Waals surface area contributed by atoms with Gasteiger partial charge in [-0.05, 0) is 12.1 Å². The van der Waals surface area contributed by atoms with Crippen molar-refractivity contribution >= 4 is 7.32 Å². The first kappa shape index (κ1) is 14.6. The Morgan fingerprint density at radius 3 is 1.61 bits per heavy atom. The fourth-order valence-corrected chi connectivity index (χ4v) is 0.901. The van der Waals surface area contributed by atoms with Crippen molar-refractivity contribution in [2.24, 2.45) is 0 Å². The van der Waals surface area contributed by atoms with Crippen LogP contribution in [0.15, 0.2) is 30.3 Å². The SMILES string of the molecule is FC(F)(F)OB(Oc1ccccc1)OC(F)(F)F. The average molecular weight is 274 g/mol. The molecule has 0 heterocycles. The van der Waals surface area contributed by atoms with E-state index in [1.165, 1.54) is 18.2 Å². The summed E-state index contributed by atoms with van der Waals surface area (Å²) >= 11 is 0. The highest BCUT2D eigenvalue weighted by Crippen LogP contribution is 2.25. The van der Waals surface area contributed by atoms with Gasteiger partial charge in [-0.1, -0.05) is 18.2 Å². The molecule has 18 heavy (non-hydrogen) atoms. The van der Waals surface area contributed by atoms with E-state index in [9.17, 15) is 26.3 Å². The Morgan fingerprint density at radius 2 is 1.22 bits per heavy atom. The highest BCUT2D eigenvalue weighted by molar-refractivity contribution is 6.37. The van der Waals surface area contributed by atoms with Crippen molar-refractivity contribution in [2.75, 3.05) is 0 Å². The van der Waals surface area contributed by atoms with Crippen LogP contribution in [0.25, 0.3) is 0 Å². The minimum atomic E-state index is -5.33. The van der Waals surface area contributed by atoms with Crippen molar-refractivity contribution < 1.29 is 40.3 Å². The standard InChI is InChI=1S/C8H5BF6O3/c10-7(11,12)17-9(18-8(13,14)15)16-6-4-2-1-3-5-6/h1-5H. The first-order chi connectivity index (χ1) is 8.16. The first-order valence-corrected chi connectivity index (χ1v) is 4.36. The minimum Gasteiger partial charge on any atom is -0.512 e. The number of alkyl halides is 6. The van der Waals surface area contributed by atoms with E-state index >= 15 is 0 Å². The van der Waals surface area contributed by atoms with Crippen molar-refractivity contribution in [1.29, 1.82) is 0 Å². The van der Waals surface area contributed by atoms with E-state index in [0.29, 0.717) is 0 Å². The van der Waals surface area contributed by atoms with Crippen LogP contribution in [0.5, 0.6) is 5.75 Å². The second kappa shape index (κ2) is 5.48. The predicted molar refractivity (Wildman–Crippen MR) is 47.1 cm³/mol. The lowest BCUT2D eigenvalue weighted by molar-refractivity contribution is -0.324. The number of benzene rings is 1. The van der Waals surface area contributed by atoms with Crippen molar-refractivity contribution in [1.82, 2.24) is 0 Å². The predicted octanol–water partition coefficient (Wildman–Crippen LogP) is 3.12. The molecule has 0 aromatic heterocycles. The number of para-hydroxylation sites is 1. The Balaban J connectivity index is 2.72. The van der Waals surface area contributed by atoms with E-state index < -0.39 is 20.0 Å². The zero-order valence-corrected chi connectivity index (χ0v) is 8.46. The summed E-state index contributed by atoms with van der Waals surface area (Å²) in [6, 6.07) is 6.50. The number of rotatable bonds is 4. The highest BCUT2D eigenvalue weighted by atomic mass is 19.4. The van der Waals surface area contributed by atoms with Gasteiger partial charge in [0.15, 0.2) is 0 Å². The lowest BCUT2D eigenvalue weighted by Gasteiger charge is -2.17. The van der Waals surface area contributed by atoms with Crippen LogP contribution in [0, 0.1) is 0 Å². The summed E-state index contributed by atoms with van der Waals surface area (Å²) in [6.45, 7) is 0. The smallest absolute Gasteiger partial charge is 0.512 e. The molecule has 0 aliphatic heterocycles. The minimum absolute atomic E-state index is 0.268. The van der Waals surface area contributed by atoms with Gasteiger partial charge in [0.25, 0.3) is 0 Å². The van der Waals surface area contributed by atoms with Gasteiger partial charge in [-0.15, -0.1) is 26.3 Å². The molecular formula is C8H5BF6O3. The van der Waals surface area contributed by atoms with Gasteiger partial charge < -0.3 is 4.65 Å². The Hall–Kier alpha value is -1.42. The Morgan fingerprint density at radius 1 is 0.778 bits per heavy atom. The van der Waals surface area contributed by atoms with Crippen molar-refractivity contribution in [2.45, 2.75) is 12.7 Å². The molecule has 1 aromatic carbocycles. The molecule has 0 saturated carbocycles. The van der Waals surface area contributed by atoms with E-state index in [2.05, 4.69) is 14.0 Å². The van der Waals surface area contributed by atoms with Crippen LogP contribution in [0.4, 0.5) is 26.3 Å². The van der Waals surface area contributed by atoms with Gasteiger partial charge in [-0.2, -0.15) is 0 Å². The molecule has 1 aromatic rings. The molecule has 0 aliphatic rings. The summed E-state index contributed by atoms with van der Waals surface area (Å²) in [5.74, 6) is -0.268. The average Bonchev–Trinajstić information content (AvgIpc) is 2.13. The summed E-state index contributed by atoms with van der Waals surface area (Å²) in [4.78, 5) is 0. The summed E-state index contributed by atoms with van der Waals surface area (Å²) in [7, 11) is -2.97. The summed E-state index contributed by atoms with van der Waals surface area (Å²) in [5.41, 5.74) is 0. The van der Waals surface area contributed by atoms with E-state index in [1.807, 2.05) is 0 Å². The van der Waals surface area contributed by atoms with Crippen LogP contribution < -0.4 is 4.65 Å². The van der Waals surface area contributed by atoms with Gasteiger partial charge in [0.1, 0.15) is 5.75 Å². The third kappa shape index (κ3) is 6.35. The largest absolute Gasteiger partial charge is 0.726 e. The maximum atomic E-state index is 11.8. The van der Waals surface area contributed by atoms with Crippen LogP contribution in [0.2, 0.25) is 0 Å². The van der Waals surface area contributed by atoms with E-state index in [0.717, 1.165) is 12.1 Å². The molecule has 10 heteroatoms. The quantitative estimate of drug-likeness (QED) is 0.623. The molecule has 0 bridgehead atoms. The number of halogens is 6. The van der Waals surface area contributed by atoms with Gasteiger partial charge in [0, 0.05) is 0 Å². The summed E-state index contributed by atoms with van der Waals surface area (Å²) in [6.07, 6.45) is -10.7. The normalized spacial score (nSPS) is 12.3. The van der Waals surface area contributed by atoms with Gasteiger partial charge in [-0.3, -0.25) is 9.31 Å². The van der Waals surface area contributed by atoms with Crippen LogP contribution in [0.3, 0.4) is 0 Å². The first-order valence-electron chi connectivity index (χ1n) is 4.36. The molecule has 100 valence electrons. The fourth-order valence-electron chi connectivity index (χ4n) is 0.901. The Kier molecular flexibility index (Phi) is 4.46. The van der Waals surface area contributed by atoms with Gasteiger partial charge in [0.2, 0.25) is 0 Å². The molecule has 0 atom stereocenters. The van der Waals surface area contributed by atoms with Gasteiger partial charge >= 0.3 is 20.0 Å². The lowest BCUT2D eigenvalue weighted by Crippen LogP contribution is -2.40. The van der Waals surface area contributed by atoms with Crippen molar-refractivity contribution in [3.63, 3.8) is 0 Å². The maximum Gasteiger partial charge on any atom is 0.726 e. The highest BCUT2D eigenvalue weighted by Gasteiger charge is 2.47. The molecule has 0 saturated heterocycles. The molecule has 0 unspecified atom stereocenters. The molecule has 1 rings (SSSR count). The molecule has 0 N–H and O–H groups in total. The van der Waals surface area contributed by atoms with E-state index in [-0.39, 0.29) is 5.75 Å². The maximum absolute atomic E-state index is 11.8. The Labute approximate surface area is 97.4 Å².